The first-order chi connectivity index (χ1) is 14.8. The van der Waals surface area contributed by atoms with Gasteiger partial charge in [-0.25, -0.2) is 0 Å². The Morgan fingerprint density at radius 3 is 1.59 bits per heavy atom. The highest BCUT2D eigenvalue weighted by atomic mass is 16.5. The number of hydrogen-bond acceptors (Lipinski definition) is 7. The molecule has 7 nitrogen and oxygen atoms in total. The first-order valence-electron chi connectivity index (χ1n) is 11.4. The van der Waals surface area contributed by atoms with Crippen molar-refractivity contribution in [1.82, 2.24) is 4.90 Å². The van der Waals surface area contributed by atoms with Gasteiger partial charge in [0.1, 0.15) is 11.2 Å². The third kappa shape index (κ3) is 11.5. The van der Waals surface area contributed by atoms with Gasteiger partial charge in [0.15, 0.2) is 0 Å². The molecule has 4 N–H and O–H groups in total. The summed E-state index contributed by atoms with van der Waals surface area (Å²) in [6, 6.07) is 9.65. The third-order valence-electron chi connectivity index (χ3n) is 5.36. The average molecular weight is 450 g/mol. The molecular weight excluding hydrogens is 406 g/mol. The van der Waals surface area contributed by atoms with Gasteiger partial charge in [0.2, 0.25) is 0 Å². The molecule has 1 heterocycles. The minimum Gasteiger partial charge on any atom is -0.462 e. The summed E-state index contributed by atoms with van der Waals surface area (Å²) < 4.78 is 9.10. The molecule has 0 amide bonds. The van der Waals surface area contributed by atoms with E-state index >= 15 is 0 Å². The molecule has 0 atom stereocenters. The Hall–Kier alpha value is -2.12. The first kappa shape index (κ1) is 27.9. The fourth-order valence-electron chi connectivity index (χ4n) is 3.68. The van der Waals surface area contributed by atoms with E-state index in [-0.39, 0.29) is 11.2 Å². The number of carbonyl (C=O) groups is 2. The Morgan fingerprint density at radius 2 is 1.28 bits per heavy atom. The number of nitrogens with two attached hydrogens (primary N) is 2. The minimum absolute atomic E-state index is 0.318. The van der Waals surface area contributed by atoms with E-state index in [1.54, 1.807) is 0 Å². The summed E-state index contributed by atoms with van der Waals surface area (Å²) in [5.74, 6) is 0.733. The van der Waals surface area contributed by atoms with E-state index in [0.717, 1.165) is 30.7 Å². The first-order valence-corrected chi connectivity index (χ1v) is 11.4. The monoisotopic (exact) mass is 449 g/mol. The van der Waals surface area contributed by atoms with Gasteiger partial charge in [-0.2, -0.15) is 0 Å². The lowest BCUT2D eigenvalue weighted by molar-refractivity contribution is -0.139. The van der Waals surface area contributed by atoms with Crippen LogP contribution in [-0.4, -0.2) is 54.2 Å². The molecule has 32 heavy (non-hydrogen) atoms. The van der Waals surface area contributed by atoms with Crippen LogP contribution >= 0.6 is 0 Å². The summed E-state index contributed by atoms with van der Waals surface area (Å²) >= 11 is 0. The van der Waals surface area contributed by atoms with Crippen LogP contribution in [0.4, 0.5) is 5.69 Å². The predicted molar refractivity (Wildman–Crippen MR) is 129 cm³/mol. The van der Waals surface area contributed by atoms with Crippen LogP contribution in [0.2, 0.25) is 0 Å². The summed E-state index contributed by atoms with van der Waals surface area (Å²) in [7, 11) is 0. The topological polar surface area (TPSA) is 108 Å². The maximum Gasteiger partial charge on any atom is 0.293 e. The lowest BCUT2D eigenvalue weighted by Crippen LogP contribution is -2.59. The van der Waals surface area contributed by atoms with Gasteiger partial charge in [-0.1, -0.05) is 12.1 Å². The van der Waals surface area contributed by atoms with Crippen molar-refractivity contribution in [2.45, 2.75) is 96.4 Å². The van der Waals surface area contributed by atoms with E-state index in [4.69, 9.17) is 11.5 Å². The molecule has 1 aromatic rings. The van der Waals surface area contributed by atoms with Crippen LogP contribution in [0.5, 0.6) is 0 Å². The number of likely N-dealkylation sites (tertiary alicyclic amines) is 1. The van der Waals surface area contributed by atoms with Gasteiger partial charge in [0.25, 0.3) is 12.9 Å². The van der Waals surface area contributed by atoms with Crippen LogP contribution in [-0.2, 0) is 19.1 Å². The number of carbonyl (C=O) groups excluding carboxylic acids is 2. The van der Waals surface area contributed by atoms with Crippen LogP contribution in [0.25, 0.3) is 0 Å². The van der Waals surface area contributed by atoms with Gasteiger partial charge in [0, 0.05) is 30.9 Å². The zero-order valence-corrected chi connectivity index (χ0v) is 20.7. The summed E-state index contributed by atoms with van der Waals surface area (Å²) in [5.41, 5.74) is 13.3. The van der Waals surface area contributed by atoms with Gasteiger partial charge >= 0.3 is 0 Å². The number of hydrogen-bond donors (Lipinski definition) is 2. The third-order valence-corrected chi connectivity index (χ3v) is 5.36. The van der Waals surface area contributed by atoms with Crippen molar-refractivity contribution in [2.75, 3.05) is 18.8 Å². The summed E-state index contributed by atoms with van der Waals surface area (Å²) in [5, 5.41) is 0. The Kier molecular flexibility index (Phi) is 11.2. The zero-order valence-electron chi connectivity index (χ0n) is 20.7. The Bertz CT molecular complexity index is 646. The van der Waals surface area contributed by atoms with Crippen LogP contribution in [0.1, 0.15) is 78.7 Å². The number of anilines is 1. The van der Waals surface area contributed by atoms with E-state index in [2.05, 4.69) is 26.5 Å². The molecule has 1 aliphatic heterocycles. The van der Waals surface area contributed by atoms with Crippen molar-refractivity contribution in [3.8, 4) is 0 Å². The SMILES string of the molecule is CC(C)(C)OC=O.CC(C)(C)OC=O.Nc1ccc(C2CCC(N3CC(N)C3)CC2)cc1. The molecule has 7 heteroatoms. The second-order valence-corrected chi connectivity index (χ2v) is 10.5. The number of nitrogen functional groups attached to an aromatic ring is 1. The van der Waals surface area contributed by atoms with Crippen molar-refractivity contribution in [3.63, 3.8) is 0 Å². The maximum atomic E-state index is 9.60. The fraction of sp³-hybridized carbons (Fsp3) is 0.680. The summed E-state index contributed by atoms with van der Waals surface area (Å²) in [4.78, 5) is 21.8. The Labute approximate surface area is 193 Å². The van der Waals surface area contributed by atoms with Crippen molar-refractivity contribution in [3.05, 3.63) is 29.8 Å². The molecule has 182 valence electrons. The molecule has 0 bridgehead atoms. The van der Waals surface area contributed by atoms with Crippen molar-refractivity contribution >= 4 is 18.6 Å². The molecule has 0 unspecified atom stereocenters. The van der Waals surface area contributed by atoms with Crippen LogP contribution in [0.3, 0.4) is 0 Å². The molecule has 0 spiro atoms. The molecule has 1 aliphatic carbocycles. The standard InChI is InChI=1S/C15H23N3.2C5H10O2/c16-13-5-1-11(2-6-13)12-3-7-15(8-4-12)18-9-14(17)10-18;2*1-5(2,3)7-4-6/h1-2,5-6,12,14-15H,3-4,7-10,16-17H2;2*4H,1-3H3. The molecular formula is C25H43N3O4. The highest BCUT2D eigenvalue weighted by Gasteiger charge is 2.32. The van der Waals surface area contributed by atoms with Crippen LogP contribution in [0, 0.1) is 0 Å². The van der Waals surface area contributed by atoms with Gasteiger partial charge in [-0.05, 0) is 90.8 Å². The molecule has 0 aromatic heterocycles. The smallest absolute Gasteiger partial charge is 0.293 e. The van der Waals surface area contributed by atoms with Crippen LogP contribution in [0.15, 0.2) is 24.3 Å². The van der Waals surface area contributed by atoms with E-state index < -0.39 is 0 Å². The van der Waals surface area contributed by atoms with Crippen molar-refractivity contribution in [2.24, 2.45) is 5.73 Å². The number of nitrogens with zero attached hydrogens (tertiary/aromatic N) is 1. The normalized spacial score (nSPS) is 21.6. The number of rotatable bonds is 4. The van der Waals surface area contributed by atoms with Gasteiger partial charge < -0.3 is 20.9 Å². The molecule has 1 aromatic carbocycles. The van der Waals surface area contributed by atoms with Crippen LogP contribution < -0.4 is 11.5 Å². The van der Waals surface area contributed by atoms with Gasteiger partial charge in [0.05, 0.1) is 0 Å². The fourth-order valence-corrected chi connectivity index (χ4v) is 3.68. The zero-order chi connectivity index (χ0) is 24.4. The quantitative estimate of drug-likeness (QED) is 0.531. The Balaban J connectivity index is 0.000000305. The largest absolute Gasteiger partial charge is 0.462 e. The van der Waals surface area contributed by atoms with E-state index in [1.807, 2.05) is 53.7 Å². The maximum absolute atomic E-state index is 9.60. The molecule has 1 saturated heterocycles. The van der Waals surface area contributed by atoms with Gasteiger partial charge in [-0.3, -0.25) is 14.5 Å². The van der Waals surface area contributed by atoms with Crippen molar-refractivity contribution < 1.29 is 19.1 Å². The molecule has 3 rings (SSSR count). The predicted octanol–water partition coefficient (Wildman–Crippen LogP) is 3.85. The van der Waals surface area contributed by atoms with E-state index in [1.165, 1.54) is 31.2 Å². The summed E-state index contributed by atoms with van der Waals surface area (Å²) in [6.07, 6.45) is 5.25. The second-order valence-electron chi connectivity index (χ2n) is 10.5. The summed E-state index contributed by atoms with van der Waals surface area (Å²) in [6.45, 7) is 14.1. The lowest BCUT2D eigenvalue weighted by Gasteiger charge is -2.45. The number of benzene rings is 1. The highest BCUT2D eigenvalue weighted by Crippen LogP contribution is 2.36. The minimum atomic E-state index is -0.318. The van der Waals surface area contributed by atoms with E-state index in [0.29, 0.717) is 19.0 Å². The molecule has 0 radical (unpaired) electrons. The highest BCUT2D eigenvalue weighted by molar-refractivity contribution is 5.40. The average Bonchev–Trinajstić information content (AvgIpc) is 2.66. The second kappa shape index (κ2) is 12.8. The molecule has 1 saturated carbocycles. The molecule has 2 aliphatic rings. The van der Waals surface area contributed by atoms with Crippen molar-refractivity contribution in [1.29, 1.82) is 0 Å². The lowest BCUT2D eigenvalue weighted by atomic mass is 9.80. The number of ether oxygens (including phenoxy) is 2. The molecule has 2 fully saturated rings. The Morgan fingerprint density at radius 1 is 0.844 bits per heavy atom. The van der Waals surface area contributed by atoms with Gasteiger partial charge in [-0.15, -0.1) is 0 Å². The van der Waals surface area contributed by atoms with E-state index in [9.17, 15) is 9.59 Å².